The van der Waals surface area contributed by atoms with E-state index in [1.54, 1.807) is 0 Å². The van der Waals surface area contributed by atoms with Crippen molar-refractivity contribution in [3.8, 4) is 5.69 Å². The van der Waals surface area contributed by atoms with Gasteiger partial charge >= 0.3 is 0 Å². The molecular formula is C22H23N5O. The van der Waals surface area contributed by atoms with Crippen LogP contribution in [-0.2, 0) is 6.54 Å². The Hall–Kier alpha value is -3.41. The molecule has 6 heteroatoms. The van der Waals surface area contributed by atoms with E-state index in [4.69, 9.17) is 0 Å². The third kappa shape index (κ3) is 3.41. The van der Waals surface area contributed by atoms with Gasteiger partial charge in [0.25, 0.3) is 5.91 Å². The first-order valence-corrected chi connectivity index (χ1v) is 9.37. The summed E-state index contributed by atoms with van der Waals surface area (Å²) in [5.74, 6) is 0.867. The number of para-hydroxylation sites is 2. The van der Waals surface area contributed by atoms with Gasteiger partial charge in [-0.1, -0.05) is 12.1 Å². The summed E-state index contributed by atoms with van der Waals surface area (Å²) in [5.41, 5.74) is 5.69. The fourth-order valence-electron chi connectivity index (χ4n) is 3.51. The molecule has 0 saturated heterocycles. The lowest BCUT2D eigenvalue weighted by atomic mass is 10.2. The molecule has 0 aliphatic rings. The highest BCUT2D eigenvalue weighted by molar-refractivity contribution is 5.94. The van der Waals surface area contributed by atoms with Crippen molar-refractivity contribution in [1.82, 2.24) is 24.6 Å². The van der Waals surface area contributed by atoms with Gasteiger partial charge in [-0.25, -0.2) is 9.67 Å². The molecule has 0 radical (unpaired) electrons. The molecule has 142 valence electrons. The normalized spacial score (nSPS) is 11.1. The number of amides is 1. The van der Waals surface area contributed by atoms with Crippen molar-refractivity contribution in [2.75, 3.05) is 6.54 Å². The second-order valence-electron chi connectivity index (χ2n) is 6.94. The van der Waals surface area contributed by atoms with Crippen LogP contribution in [0.15, 0.2) is 54.6 Å². The van der Waals surface area contributed by atoms with E-state index in [0.717, 1.165) is 33.9 Å². The zero-order valence-corrected chi connectivity index (χ0v) is 16.3. The Labute approximate surface area is 163 Å². The van der Waals surface area contributed by atoms with Crippen LogP contribution in [-0.4, -0.2) is 31.8 Å². The molecule has 0 aliphatic carbocycles. The molecule has 1 amide bonds. The van der Waals surface area contributed by atoms with Gasteiger partial charge in [-0.05, 0) is 63.2 Å². The lowest BCUT2D eigenvalue weighted by molar-refractivity contribution is 0.0952. The van der Waals surface area contributed by atoms with Gasteiger partial charge in [0.1, 0.15) is 5.82 Å². The SMILES string of the molecule is Cc1cc(C)n(-c2ccc(C(=O)NCCn3c(C)nc4ccccc43)cc2)n1. The number of nitrogens with zero attached hydrogens (tertiary/aromatic N) is 4. The molecule has 28 heavy (non-hydrogen) atoms. The Balaban J connectivity index is 1.41. The molecule has 0 atom stereocenters. The minimum Gasteiger partial charge on any atom is -0.350 e. The molecule has 2 heterocycles. The van der Waals surface area contributed by atoms with Crippen LogP contribution in [0.1, 0.15) is 27.6 Å². The van der Waals surface area contributed by atoms with Gasteiger partial charge < -0.3 is 9.88 Å². The van der Waals surface area contributed by atoms with Crippen molar-refractivity contribution >= 4 is 16.9 Å². The number of carbonyl (C=O) groups excluding carboxylic acids is 1. The summed E-state index contributed by atoms with van der Waals surface area (Å²) in [6.45, 7) is 7.19. The van der Waals surface area contributed by atoms with Crippen LogP contribution in [0.2, 0.25) is 0 Å². The van der Waals surface area contributed by atoms with Crippen molar-refractivity contribution < 1.29 is 4.79 Å². The van der Waals surface area contributed by atoms with Crippen LogP contribution in [0.5, 0.6) is 0 Å². The average molecular weight is 373 g/mol. The lowest BCUT2D eigenvalue weighted by Gasteiger charge is -2.09. The van der Waals surface area contributed by atoms with E-state index in [-0.39, 0.29) is 5.91 Å². The van der Waals surface area contributed by atoms with Crippen LogP contribution in [0.4, 0.5) is 0 Å². The first-order valence-electron chi connectivity index (χ1n) is 9.37. The van der Waals surface area contributed by atoms with Crippen molar-refractivity contribution in [2.45, 2.75) is 27.3 Å². The van der Waals surface area contributed by atoms with Crippen LogP contribution < -0.4 is 5.32 Å². The quantitative estimate of drug-likeness (QED) is 0.582. The fraction of sp³-hybridized carbons (Fsp3) is 0.227. The average Bonchev–Trinajstić information content (AvgIpc) is 3.20. The zero-order valence-electron chi connectivity index (χ0n) is 16.3. The van der Waals surface area contributed by atoms with Gasteiger partial charge in [0.05, 0.1) is 22.4 Å². The second-order valence-corrected chi connectivity index (χ2v) is 6.94. The predicted molar refractivity (Wildman–Crippen MR) is 110 cm³/mol. The first-order chi connectivity index (χ1) is 13.5. The summed E-state index contributed by atoms with van der Waals surface area (Å²) in [6, 6.07) is 17.6. The molecule has 1 N–H and O–H groups in total. The third-order valence-corrected chi connectivity index (χ3v) is 4.85. The Morgan fingerprint density at radius 3 is 2.50 bits per heavy atom. The van der Waals surface area contributed by atoms with Gasteiger partial charge in [0.2, 0.25) is 0 Å². The van der Waals surface area contributed by atoms with E-state index in [9.17, 15) is 4.79 Å². The van der Waals surface area contributed by atoms with Gasteiger partial charge in [-0.3, -0.25) is 4.79 Å². The molecule has 2 aromatic carbocycles. The topological polar surface area (TPSA) is 64.7 Å². The summed E-state index contributed by atoms with van der Waals surface area (Å²) < 4.78 is 4.01. The van der Waals surface area contributed by atoms with E-state index < -0.39 is 0 Å². The summed E-state index contributed by atoms with van der Waals surface area (Å²) in [4.78, 5) is 17.0. The highest BCUT2D eigenvalue weighted by Crippen LogP contribution is 2.15. The number of hydrogen-bond acceptors (Lipinski definition) is 3. The summed E-state index contributed by atoms with van der Waals surface area (Å²) in [7, 11) is 0. The monoisotopic (exact) mass is 373 g/mol. The Morgan fingerprint density at radius 1 is 1.04 bits per heavy atom. The predicted octanol–water partition coefficient (Wildman–Crippen LogP) is 3.58. The molecule has 4 aromatic rings. The van der Waals surface area contributed by atoms with Crippen LogP contribution in [0.25, 0.3) is 16.7 Å². The van der Waals surface area contributed by atoms with Gasteiger partial charge in [0.15, 0.2) is 0 Å². The molecule has 0 saturated carbocycles. The molecule has 0 fully saturated rings. The van der Waals surface area contributed by atoms with Crippen molar-refractivity contribution in [2.24, 2.45) is 0 Å². The standard InChI is InChI=1S/C22H23N5O/c1-15-14-16(2)27(25-15)19-10-8-18(9-11-19)22(28)23-12-13-26-17(3)24-20-6-4-5-7-21(20)26/h4-11,14H,12-13H2,1-3H3,(H,23,28). The number of hydrogen-bond donors (Lipinski definition) is 1. The van der Waals surface area contributed by atoms with E-state index in [0.29, 0.717) is 18.7 Å². The molecule has 0 aliphatic heterocycles. The van der Waals surface area contributed by atoms with Gasteiger partial charge in [-0.15, -0.1) is 0 Å². The van der Waals surface area contributed by atoms with E-state index >= 15 is 0 Å². The fourth-order valence-corrected chi connectivity index (χ4v) is 3.51. The van der Waals surface area contributed by atoms with Crippen LogP contribution in [0.3, 0.4) is 0 Å². The number of imidazole rings is 1. The van der Waals surface area contributed by atoms with Gasteiger partial charge in [0, 0.05) is 24.3 Å². The number of benzene rings is 2. The summed E-state index contributed by atoms with van der Waals surface area (Å²) in [5, 5.41) is 7.47. The summed E-state index contributed by atoms with van der Waals surface area (Å²) in [6.07, 6.45) is 0. The Bertz CT molecular complexity index is 1140. The number of rotatable bonds is 5. The Kier molecular flexibility index (Phi) is 4.69. The first kappa shape index (κ1) is 18.0. The largest absolute Gasteiger partial charge is 0.350 e. The maximum absolute atomic E-state index is 12.5. The third-order valence-electron chi connectivity index (χ3n) is 4.85. The second kappa shape index (κ2) is 7.31. The number of aryl methyl sites for hydroxylation is 3. The molecule has 0 bridgehead atoms. The molecule has 6 nitrogen and oxygen atoms in total. The van der Waals surface area contributed by atoms with Crippen molar-refractivity contribution in [1.29, 1.82) is 0 Å². The number of nitrogens with one attached hydrogen (secondary N) is 1. The Morgan fingerprint density at radius 2 is 1.79 bits per heavy atom. The van der Waals surface area contributed by atoms with Crippen molar-refractivity contribution in [3.63, 3.8) is 0 Å². The number of aromatic nitrogens is 4. The maximum atomic E-state index is 12.5. The zero-order chi connectivity index (χ0) is 19.7. The molecule has 2 aromatic heterocycles. The van der Waals surface area contributed by atoms with Crippen molar-refractivity contribution in [3.05, 3.63) is 77.4 Å². The van der Waals surface area contributed by atoms with Gasteiger partial charge in [-0.2, -0.15) is 5.10 Å². The van der Waals surface area contributed by atoms with E-state index in [2.05, 4.69) is 26.0 Å². The summed E-state index contributed by atoms with van der Waals surface area (Å²) >= 11 is 0. The highest BCUT2D eigenvalue weighted by Gasteiger charge is 2.09. The molecule has 0 unspecified atom stereocenters. The van der Waals surface area contributed by atoms with Crippen LogP contribution in [0, 0.1) is 20.8 Å². The number of fused-ring (bicyclic) bond motifs is 1. The molecule has 0 spiro atoms. The smallest absolute Gasteiger partial charge is 0.251 e. The number of carbonyl (C=O) groups is 1. The van der Waals surface area contributed by atoms with E-state index in [1.165, 1.54) is 0 Å². The highest BCUT2D eigenvalue weighted by atomic mass is 16.1. The minimum atomic E-state index is -0.0815. The maximum Gasteiger partial charge on any atom is 0.251 e. The minimum absolute atomic E-state index is 0.0815. The molecule has 4 rings (SSSR count). The molecular weight excluding hydrogens is 350 g/mol. The van der Waals surface area contributed by atoms with Crippen LogP contribution >= 0.6 is 0 Å². The van der Waals surface area contributed by atoms with E-state index in [1.807, 2.05) is 74.0 Å². The lowest BCUT2D eigenvalue weighted by Crippen LogP contribution is -2.27.